The van der Waals surface area contributed by atoms with Crippen molar-refractivity contribution in [1.29, 1.82) is 0 Å². The number of carbonyl (C=O) groups excluding carboxylic acids is 2. The highest BCUT2D eigenvalue weighted by Gasteiger charge is 2.33. The fraction of sp³-hybridized carbons (Fsp3) is 0.474. The third kappa shape index (κ3) is 3.85. The molecule has 6 nitrogen and oxygen atoms in total. The molecule has 2 heterocycles. The van der Waals surface area contributed by atoms with Crippen LogP contribution in [-0.2, 0) is 16.0 Å². The van der Waals surface area contributed by atoms with Crippen LogP contribution >= 0.6 is 0 Å². The number of para-hydroxylation sites is 1. The second kappa shape index (κ2) is 7.70. The van der Waals surface area contributed by atoms with Crippen molar-refractivity contribution in [3.05, 3.63) is 36.0 Å². The lowest BCUT2D eigenvalue weighted by molar-refractivity contribution is -0.143. The van der Waals surface area contributed by atoms with Gasteiger partial charge in [-0.25, -0.2) is 0 Å². The van der Waals surface area contributed by atoms with Crippen LogP contribution < -0.4 is 5.32 Å². The molecule has 0 bridgehead atoms. The van der Waals surface area contributed by atoms with Gasteiger partial charge in [0.05, 0.1) is 0 Å². The Hall–Kier alpha value is -2.34. The Bertz CT molecular complexity index is 755. The number of carbonyl (C=O) groups is 2. The van der Waals surface area contributed by atoms with Gasteiger partial charge in [0.25, 0.3) is 0 Å². The van der Waals surface area contributed by atoms with Crippen LogP contribution in [0.25, 0.3) is 10.9 Å². The molecule has 1 unspecified atom stereocenters. The number of fused-ring (bicyclic) bond motifs is 1. The summed E-state index contributed by atoms with van der Waals surface area (Å²) in [6.45, 7) is 2.01. The first-order valence-corrected chi connectivity index (χ1v) is 8.84. The highest BCUT2D eigenvalue weighted by atomic mass is 16.2. The second-order valence-corrected chi connectivity index (χ2v) is 6.69. The van der Waals surface area contributed by atoms with Gasteiger partial charge in [-0.2, -0.15) is 0 Å². The van der Waals surface area contributed by atoms with Crippen LogP contribution in [0, 0.1) is 0 Å². The molecular weight excluding hydrogens is 316 g/mol. The van der Waals surface area contributed by atoms with Gasteiger partial charge in [0.2, 0.25) is 11.8 Å². The van der Waals surface area contributed by atoms with E-state index in [1.807, 2.05) is 25.4 Å². The molecule has 1 aliphatic rings. The van der Waals surface area contributed by atoms with E-state index in [1.54, 1.807) is 11.9 Å². The number of aromatic amines is 1. The summed E-state index contributed by atoms with van der Waals surface area (Å²) in [5.74, 6) is -0.0157. The van der Waals surface area contributed by atoms with E-state index in [0.29, 0.717) is 19.5 Å². The second-order valence-electron chi connectivity index (χ2n) is 6.69. The fourth-order valence-corrected chi connectivity index (χ4v) is 3.52. The number of aryl methyl sites for hydroxylation is 1. The third-order valence-corrected chi connectivity index (χ3v) is 4.96. The van der Waals surface area contributed by atoms with Gasteiger partial charge in [-0.05, 0) is 31.5 Å². The zero-order valence-electron chi connectivity index (χ0n) is 14.9. The van der Waals surface area contributed by atoms with E-state index >= 15 is 0 Å². The normalized spacial score (nSPS) is 18.5. The zero-order chi connectivity index (χ0) is 17.8. The van der Waals surface area contributed by atoms with Crippen LogP contribution in [0.5, 0.6) is 0 Å². The average molecular weight is 342 g/mol. The SMILES string of the molecule is CNC(=O)C1CN(C)CCN1C(=O)CCCc1c[nH]c2ccccc12. The monoisotopic (exact) mass is 342 g/mol. The molecule has 6 heteroatoms. The van der Waals surface area contributed by atoms with Gasteiger partial charge in [0.15, 0.2) is 0 Å². The number of rotatable bonds is 5. The number of likely N-dealkylation sites (N-methyl/N-ethyl adjacent to an activating group) is 2. The van der Waals surface area contributed by atoms with Crippen molar-refractivity contribution < 1.29 is 9.59 Å². The van der Waals surface area contributed by atoms with Crippen molar-refractivity contribution in [1.82, 2.24) is 20.1 Å². The van der Waals surface area contributed by atoms with E-state index in [2.05, 4.69) is 27.3 Å². The summed E-state index contributed by atoms with van der Waals surface area (Å²) in [6, 6.07) is 7.82. The van der Waals surface area contributed by atoms with E-state index < -0.39 is 0 Å². The Morgan fingerprint density at radius 2 is 2.08 bits per heavy atom. The Kier molecular flexibility index (Phi) is 5.38. The van der Waals surface area contributed by atoms with Gasteiger partial charge in [0.1, 0.15) is 6.04 Å². The fourth-order valence-electron chi connectivity index (χ4n) is 3.52. The maximum absolute atomic E-state index is 12.6. The maximum Gasteiger partial charge on any atom is 0.243 e. The molecule has 134 valence electrons. The number of hydrogen-bond acceptors (Lipinski definition) is 3. The topological polar surface area (TPSA) is 68.4 Å². The van der Waals surface area contributed by atoms with Crippen LogP contribution in [-0.4, -0.2) is 66.4 Å². The predicted molar refractivity (Wildman–Crippen MR) is 98.3 cm³/mol. The van der Waals surface area contributed by atoms with Crippen molar-refractivity contribution in [2.24, 2.45) is 0 Å². The Morgan fingerprint density at radius 1 is 1.28 bits per heavy atom. The largest absolute Gasteiger partial charge is 0.361 e. The summed E-state index contributed by atoms with van der Waals surface area (Å²) in [5.41, 5.74) is 2.37. The lowest BCUT2D eigenvalue weighted by Gasteiger charge is -2.39. The van der Waals surface area contributed by atoms with Gasteiger partial charge in [0, 0.05) is 50.2 Å². The van der Waals surface area contributed by atoms with Gasteiger partial charge in [-0.1, -0.05) is 18.2 Å². The molecular formula is C19H26N4O2. The maximum atomic E-state index is 12.6. The zero-order valence-corrected chi connectivity index (χ0v) is 14.9. The smallest absolute Gasteiger partial charge is 0.243 e. The lowest BCUT2D eigenvalue weighted by Crippen LogP contribution is -2.59. The molecule has 0 saturated carbocycles. The molecule has 0 spiro atoms. The molecule has 2 N–H and O–H groups in total. The van der Waals surface area contributed by atoms with E-state index in [-0.39, 0.29) is 17.9 Å². The molecule has 25 heavy (non-hydrogen) atoms. The molecule has 1 aromatic heterocycles. The lowest BCUT2D eigenvalue weighted by atomic mass is 10.1. The summed E-state index contributed by atoms with van der Waals surface area (Å²) in [6.07, 6.45) is 4.14. The van der Waals surface area contributed by atoms with Crippen LogP contribution in [0.1, 0.15) is 18.4 Å². The van der Waals surface area contributed by atoms with E-state index in [4.69, 9.17) is 0 Å². The molecule has 2 amide bonds. The number of hydrogen-bond donors (Lipinski definition) is 2. The molecule has 2 aromatic rings. The molecule has 1 aliphatic heterocycles. The summed E-state index contributed by atoms with van der Waals surface area (Å²) >= 11 is 0. The first-order chi connectivity index (χ1) is 12.1. The van der Waals surface area contributed by atoms with Gasteiger partial charge in [-0.3, -0.25) is 9.59 Å². The highest BCUT2D eigenvalue weighted by Crippen LogP contribution is 2.20. The number of piperazine rings is 1. The van der Waals surface area contributed by atoms with E-state index in [1.165, 1.54) is 10.9 Å². The van der Waals surface area contributed by atoms with Crippen molar-refractivity contribution >= 4 is 22.7 Å². The number of aromatic nitrogens is 1. The first-order valence-electron chi connectivity index (χ1n) is 8.84. The van der Waals surface area contributed by atoms with Crippen molar-refractivity contribution in [2.45, 2.75) is 25.3 Å². The summed E-state index contributed by atoms with van der Waals surface area (Å²) < 4.78 is 0. The average Bonchev–Trinajstić information content (AvgIpc) is 3.04. The van der Waals surface area contributed by atoms with E-state index in [9.17, 15) is 9.59 Å². The minimum absolute atomic E-state index is 0.0709. The van der Waals surface area contributed by atoms with Crippen LogP contribution in [0.4, 0.5) is 0 Å². The van der Waals surface area contributed by atoms with E-state index in [0.717, 1.165) is 24.9 Å². The van der Waals surface area contributed by atoms with Crippen molar-refractivity contribution in [3.63, 3.8) is 0 Å². The number of benzene rings is 1. The van der Waals surface area contributed by atoms with Gasteiger partial charge >= 0.3 is 0 Å². The molecule has 0 radical (unpaired) electrons. The Labute approximate surface area is 148 Å². The van der Waals surface area contributed by atoms with Crippen LogP contribution in [0.15, 0.2) is 30.5 Å². The van der Waals surface area contributed by atoms with Crippen molar-refractivity contribution in [2.75, 3.05) is 33.7 Å². The summed E-state index contributed by atoms with van der Waals surface area (Å²) in [7, 11) is 3.60. The van der Waals surface area contributed by atoms with Crippen LogP contribution in [0.3, 0.4) is 0 Å². The number of amides is 2. The van der Waals surface area contributed by atoms with Gasteiger partial charge in [-0.15, -0.1) is 0 Å². The molecule has 1 fully saturated rings. The molecule has 1 atom stereocenters. The highest BCUT2D eigenvalue weighted by molar-refractivity contribution is 5.88. The minimum atomic E-state index is -0.385. The quantitative estimate of drug-likeness (QED) is 0.863. The predicted octanol–water partition coefficient (Wildman–Crippen LogP) is 1.38. The van der Waals surface area contributed by atoms with Gasteiger partial charge < -0.3 is 20.1 Å². The number of nitrogens with one attached hydrogen (secondary N) is 2. The molecule has 0 aliphatic carbocycles. The Balaban J connectivity index is 1.58. The number of H-pyrrole nitrogens is 1. The standard InChI is InChI=1S/C19H26N4O2/c1-20-19(25)17-13-22(2)10-11-23(17)18(24)9-5-6-14-12-21-16-8-4-3-7-15(14)16/h3-4,7-8,12,17,21H,5-6,9-11,13H2,1-2H3,(H,20,25). The summed E-state index contributed by atoms with van der Waals surface area (Å²) in [4.78, 5) is 31.9. The molecule has 1 aromatic carbocycles. The molecule has 3 rings (SSSR count). The summed E-state index contributed by atoms with van der Waals surface area (Å²) in [5, 5.41) is 3.90. The molecule has 1 saturated heterocycles. The number of nitrogens with zero attached hydrogens (tertiary/aromatic N) is 2. The van der Waals surface area contributed by atoms with Crippen LogP contribution in [0.2, 0.25) is 0 Å². The minimum Gasteiger partial charge on any atom is -0.361 e. The first kappa shape index (κ1) is 17.5. The third-order valence-electron chi connectivity index (χ3n) is 4.96. The van der Waals surface area contributed by atoms with Crippen molar-refractivity contribution in [3.8, 4) is 0 Å². The Morgan fingerprint density at radius 3 is 2.88 bits per heavy atom.